The van der Waals surface area contributed by atoms with E-state index in [9.17, 15) is 15.2 Å². The van der Waals surface area contributed by atoms with Crippen LogP contribution in [-0.2, 0) is 0 Å². The van der Waals surface area contributed by atoms with Gasteiger partial charge in [-0.1, -0.05) is 6.42 Å². The third-order valence-corrected chi connectivity index (χ3v) is 4.15. The van der Waals surface area contributed by atoms with E-state index in [-0.39, 0.29) is 5.69 Å². The third kappa shape index (κ3) is 4.00. The van der Waals surface area contributed by atoms with Crippen molar-refractivity contribution in [1.82, 2.24) is 10.4 Å². The van der Waals surface area contributed by atoms with E-state index in [2.05, 4.69) is 24.3 Å². The number of nitro groups is 1. The van der Waals surface area contributed by atoms with Gasteiger partial charge in [0.15, 0.2) is 0 Å². The lowest BCUT2D eigenvalue weighted by Gasteiger charge is -2.39. The zero-order chi connectivity index (χ0) is 15.4. The zero-order valence-electron chi connectivity index (χ0n) is 12.5. The number of hydrazine groups is 1. The summed E-state index contributed by atoms with van der Waals surface area (Å²) >= 11 is 0. The number of hydrogen-bond acceptors (Lipinski definition) is 5. The van der Waals surface area contributed by atoms with Gasteiger partial charge in [-0.2, -0.15) is 0 Å². The molecular weight excluding hydrogens is 270 g/mol. The Morgan fingerprint density at radius 1 is 1.33 bits per heavy atom. The number of benzene rings is 1. The Kier molecular flexibility index (Phi) is 5.27. The maximum absolute atomic E-state index is 10.6. The minimum atomic E-state index is -0.674. The maximum atomic E-state index is 10.6. The molecule has 116 valence electrons. The number of nitro benzene ring substituents is 1. The van der Waals surface area contributed by atoms with Crippen LogP contribution in [0.5, 0.6) is 0 Å². The predicted octanol–water partition coefficient (Wildman–Crippen LogP) is 2.40. The highest BCUT2D eigenvalue weighted by molar-refractivity contribution is 5.33. The normalized spacial score (nSPS) is 24.7. The van der Waals surface area contributed by atoms with Gasteiger partial charge in [0, 0.05) is 30.8 Å². The van der Waals surface area contributed by atoms with Crippen LogP contribution in [0.2, 0.25) is 0 Å². The minimum Gasteiger partial charge on any atom is -0.387 e. The number of hydrogen-bond donors (Lipinski definition) is 2. The van der Waals surface area contributed by atoms with Crippen LogP contribution in [0.25, 0.3) is 0 Å². The van der Waals surface area contributed by atoms with E-state index in [0.29, 0.717) is 24.2 Å². The molecule has 1 fully saturated rings. The molecule has 6 heteroatoms. The van der Waals surface area contributed by atoms with Crippen LogP contribution in [0.4, 0.5) is 5.69 Å². The summed E-state index contributed by atoms with van der Waals surface area (Å²) in [5, 5.41) is 23.0. The van der Waals surface area contributed by atoms with Gasteiger partial charge in [0.25, 0.3) is 5.69 Å². The molecule has 1 aliphatic rings. The van der Waals surface area contributed by atoms with E-state index in [1.165, 1.54) is 18.6 Å². The molecule has 0 aliphatic carbocycles. The van der Waals surface area contributed by atoms with Crippen LogP contribution >= 0.6 is 0 Å². The van der Waals surface area contributed by atoms with E-state index in [1.54, 1.807) is 12.1 Å². The molecule has 3 atom stereocenters. The van der Waals surface area contributed by atoms with Crippen LogP contribution in [0.15, 0.2) is 24.3 Å². The first-order valence-electron chi connectivity index (χ1n) is 7.43. The molecule has 1 heterocycles. The second-order valence-electron chi connectivity index (χ2n) is 5.76. The Labute approximate surface area is 124 Å². The van der Waals surface area contributed by atoms with Gasteiger partial charge in [0.1, 0.15) is 0 Å². The van der Waals surface area contributed by atoms with Crippen molar-refractivity contribution in [1.29, 1.82) is 0 Å². The number of piperidine rings is 1. The highest BCUT2D eigenvalue weighted by Gasteiger charge is 2.25. The van der Waals surface area contributed by atoms with E-state index < -0.39 is 11.0 Å². The zero-order valence-corrected chi connectivity index (χ0v) is 12.5. The molecule has 0 amide bonds. The van der Waals surface area contributed by atoms with Crippen molar-refractivity contribution >= 4 is 5.69 Å². The summed E-state index contributed by atoms with van der Waals surface area (Å²) in [4.78, 5) is 10.2. The second kappa shape index (κ2) is 6.98. The molecule has 6 nitrogen and oxygen atoms in total. The predicted molar refractivity (Wildman–Crippen MR) is 80.7 cm³/mol. The van der Waals surface area contributed by atoms with Crippen LogP contribution in [0, 0.1) is 10.1 Å². The molecule has 1 aliphatic heterocycles. The minimum absolute atomic E-state index is 0.0391. The summed E-state index contributed by atoms with van der Waals surface area (Å²) in [5.74, 6) is 0. The molecule has 3 unspecified atom stereocenters. The van der Waals surface area contributed by atoms with Crippen molar-refractivity contribution in [3.8, 4) is 0 Å². The average Bonchev–Trinajstić information content (AvgIpc) is 2.46. The van der Waals surface area contributed by atoms with E-state index in [0.717, 1.165) is 12.8 Å². The van der Waals surface area contributed by atoms with Gasteiger partial charge in [0.2, 0.25) is 0 Å². The molecule has 2 rings (SSSR count). The fraction of sp³-hybridized carbons (Fsp3) is 0.600. The molecule has 0 radical (unpaired) electrons. The number of aliphatic hydroxyl groups is 1. The second-order valence-corrected chi connectivity index (χ2v) is 5.76. The van der Waals surface area contributed by atoms with E-state index in [4.69, 9.17) is 0 Å². The van der Waals surface area contributed by atoms with Gasteiger partial charge in [-0.05, 0) is 44.4 Å². The molecule has 1 saturated heterocycles. The number of rotatable bonds is 5. The largest absolute Gasteiger partial charge is 0.387 e. The smallest absolute Gasteiger partial charge is 0.269 e. The highest BCUT2D eigenvalue weighted by atomic mass is 16.6. The molecule has 1 aromatic rings. The topological polar surface area (TPSA) is 78.6 Å². The van der Waals surface area contributed by atoms with Crippen molar-refractivity contribution in [3.63, 3.8) is 0 Å². The summed E-state index contributed by atoms with van der Waals surface area (Å²) in [6.07, 6.45) is 2.88. The summed E-state index contributed by atoms with van der Waals surface area (Å²) < 4.78 is 0. The highest BCUT2D eigenvalue weighted by Crippen LogP contribution is 2.21. The van der Waals surface area contributed by atoms with Gasteiger partial charge < -0.3 is 5.11 Å². The summed E-state index contributed by atoms with van der Waals surface area (Å²) in [6, 6.07) is 6.96. The van der Waals surface area contributed by atoms with Gasteiger partial charge in [-0.3, -0.25) is 15.5 Å². The Morgan fingerprint density at radius 2 is 1.90 bits per heavy atom. The Hall–Kier alpha value is -1.50. The fourth-order valence-electron chi connectivity index (χ4n) is 2.86. The molecule has 0 saturated carbocycles. The SMILES string of the molecule is CC1CCCC(C)N1NCC(O)c1ccc([N+](=O)[O-])cc1. The Balaban J connectivity index is 1.91. The quantitative estimate of drug-likeness (QED) is 0.644. The lowest BCUT2D eigenvalue weighted by atomic mass is 10.00. The Bertz CT molecular complexity index is 468. The van der Waals surface area contributed by atoms with Gasteiger partial charge in [-0.15, -0.1) is 0 Å². The first kappa shape index (κ1) is 15.9. The maximum Gasteiger partial charge on any atom is 0.269 e. The van der Waals surface area contributed by atoms with Gasteiger partial charge in [0.05, 0.1) is 11.0 Å². The number of aliphatic hydroxyl groups excluding tert-OH is 1. The van der Waals surface area contributed by atoms with Crippen LogP contribution < -0.4 is 5.43 Å². The van der Waals surface area contributed by atoms with Crippen molar-refractivity contribution in [2.75, 3.05) is 6.54 Å². The van der Waals surface area contributed by atoms with Crippen molar-refractivity contribution in [2.24, 2.45) is 0 Å². The molecule has 0 aromatic heterocycles. The molecule has 0 bridgehead atoms. The van der Waals surface area contributed by atoms with Crippen LogP contribution in [-0.4, -0.2) is 33.7 Å². The summed E-state index contributed by atoms with van der Waals surface area (Å²) in [6.45, 7) is 4.77. The Morgan fingerprint density at radius 3 is 2.43 bits per heavy atom. The third-order valence-electron chi connectivity index (χ3n) is 4.15. The monoisotopic (exact) mass is 293 g/mol. The van der Waals surface area contributed by atoms with E-state index >= 15 is 0 Å². The molecule has 0 spiro atoms. The van der Waals surface area contributed by atoms with Gasteiger partial charge >= 0.3 is 0 Å². The van der Waals surface area contributed by atoms with Crippen molar-refractivity contribution in [3.05, 3.63) is 39.9 Å². The fourth-order valence-corrected chi connectivity index (χ4v) is 2.86. The number of nitrogens with zero attached hydrogens (tertiary/aromatic N) is 2. The number of non-ortho nitro benzene ring substituents is 1. The lowest BCUT2D eigenvalue weighted by Crippen LogP contribution is -2.52. The molecule has 2 N–H and O–H groups in total. The standard InChI is InChI=1S/C15H23N3O3/c1-11-4-3-5-12(2)17(11)16-10-15(19)13-6-8-14(9-7-13)18(20)21/h6-9,11-12,15-16,19H,3-5,10H2,1-2H3. The first-order chi connectivity index (χ1) is 9.99. The molecule has 1 aromatic carbocycles. The van der Waals surface area contributed by atoms with Crippen LogP contribution in [0.3, 0.4) is 0 Å². The summed E-state index contributed by atoms with van der Waals surface area (Å²) in [5.41, 5.74) is 4.03. The van der Waals surface area contributed by atoms with Crippen LogP contribution in [0.1, 0.15) is 44.8 Å². The summed E-state index contributed by atoms with van der Waals surface area (Å²) in [7, 11) is 0. The van der Waals surface area contributed by atoms with Gasteiger partial charge in [-0.25, -0.2) is 5.01 Å². The molecule has 21 heavy (non-hydrogen) atoms. The average molecular weight is 293 g/mol. The molecular formula is C15H23N3O3. The lowest BCUT2D eigenvalue weighted by molar-refractivity contribution is -0.384. The number of nitrogens with one attached hydrogen (secondary N) is 1. The van der Waals surface area contributed by atoms with Crippen molar-refractivity contribution < 1.29 is 10.0 Å². The van der Waals surface area contributed by atoms with E-state index in [1.807, 2.05) is 0 Å². The van der Waals surface area contributed by atoms with Crippen molar-refractivity contribution in [2.45, 2.75) is 51.3 Å². The first-order valence-corrected chi connectivity index (χ1v) is 7.43.